The van der Waals surface area contributed by atoms with Crippen LogP contribution in [0.4, 0.5) is 0 Å². The molecular weight excluding hydrogens is 466 g/mol. The van der Waals surface area contributed by atoms with E-state index >= 15 is 0 Å². The van der Waals surface area contributed by atoms with Gasteiger partial charge in [0.1, 0.15) is 11.8 Å². The van der Waals surface area contributed by atoms with Crippen molar-refractivity contribution >= 4 is 34.9 Å². The van der Waals surface area contributed by atoms with Gasteiger partial charge in [0.25, 0.3) is 5.56 Å². The summed E-state index contributed by atoms with van der Waals surface area (Å²) in [5.41, 5.74) is 1.40. The number of hydrogen-bond donors (Lipinski definition) is 0. The van der Waals surface area contributed by atoms with Crippen molar-refractivity contribution in [3.63, 3.8) is 0 Å². The molecule has 1 unspecified atom stereocenters. The fourth-order valence-electron chi connectivity index (χ4n) is 4.84. The van der Waals surface area contributed by atoms with E-state index in [2.05, 4.69) is 0 Å². The van der Waals surface area contributed by atoms with Crippen LogP contribution in [0.1, 0.15) is 24.8 Å². The number of piperidine rings is 1. The Morgan fingerprint density at radius 3 is 2.69 bits per heavy atom. The van der Waals surface area contributed by atoms with E-state index < -0.39 is 0 Å². The lowest BCUT2D eigenvalue weighted by molar-refractivity contribution is -0.149. The van der Waals surface area contributed by atoms with E-state index in [4.69, 9.17) is 26.8 Å². The zero-order valence-electron chi connectivity index (χ0n) is 19.7. The van der Waals surface area contributed by atoms with Gasteiger partial charge in [-0.1, -0.05) is 36.8 Å². The van der Waals surface area contributed by atoms with Gasteiger partial charge in [-0.2, -0.15) is 0 Å². The first-order valence-corrected chi connectivity index (χ1v) is 12.0. The van der Waals surface area contributed by atoms with Gasteiger partial charge in [0.2, 0.25) is 10.5 Å². The van der Waals surface area contributed by atoms with E-state index in [1.807, 2.05) is 51.8 Å². The van der Waals surface area contributed by atoms with Crippen molar-refractivity contribution in [1.82, 2.24) is 23.6 Å². The maximum atomic E-state index is 13.6. The number of hydrogen-bond acceptors (Lipinski definition) is 7. The third-order valence-electron chi connectivity index (χ3n) is 6.61. The molecule has 2 aromatic heterocycles. The highest BCUT2D eigenvalue weighted by Gasteiger charge is 2.30. The standard InChI is InChI=1S/C25H27N5O4S/c1-33-21-13-6-3-9-17(21)15-28-22(31)18-10-4-5-11-19(18)30-24(28)26-29(25(30)35)16-27-14-8-7-12-20(27)23(32)34-2/h3-6,9-11,13,20H,7-8,12,14-16H2,1-2H3. The van der Waals surface area contributed by atoms with Gasteiger partial charge in [-0.3, -0.25) is 23.5 Å². The lowest BCUT2D eigenvalue weighted by atomic mass is 10.0. The van der Waals surface area contributed by atoms with Crippen LogP contribution in [0.2, 0.25) is 0 Å². The largest absolute Gasteiger partial charge is 0.496 e. The maximum Gasteiger partial charge on any atom is 0.323 e. The van der Waals surface area contributed by atoms with Crippen molar-refractivity contribution in [2.24, 2.45) is 0 Å². The molecule has 1 aliphatic rings. The summed E-state index contributed by atoms with van der Waals surface area (Å²) in [7, 11) is 3.02. The topological polar surface area (TPSA) is 83.0 Å². The zero-order valence-corrected chi connectivity index (χ0v) is 20.5. The summed E-state index contributed by atoms with van der Waals surface area (Å²) >= 11 is 5.85. The van der Waals surface area contributed by atoms with Crippen molar-refractivity contribution in [2.45, 2.75) is 38.5 Å². The van der Waals surface area contributed by atoms with Gasteiger partial charge in [-0.05, 0) is 43.3 Å². The minimum absolute atomic E-state index is 0.156. The minimum Gasteiger partial charge on any atom is -0.496 e. The lowest BCUT2D eigenvalue weighted by Crippen LogP contribution is -2.46. The SMILES string of the molecule is COC(=O)C1CCCCN1Cn1nc2n(Cc3ccccc3OC)c(=O)c3ccccc3n2c1=S. The molecule has 9 nitrogen and oxygen atoms in total. The molecule has 10 heteroatoms. The molecule has 182 valence electrons. The molecule has 0 aliphatic carbocycles. The summed E-state index contributed by atoms with van der Waals surface area (Å²) < 4.78 is 16.1. The van der Waals surface area contributed by atoms with Crippen LogP contribution >= 0.6 is 12.2 Å². The summed E-state index contributed by atoms with van der Waals surface area (Å²) in [6, 6.07) is 14.6. The van der Waals surface area contributed by atoms with Crippen LogP contribution in [-0.2, 0) is 22.7 Å². The van der Waals surface area contributed by atoms with Crippen LogP contribution in [0, 0.1) is 4.77 Å². The Morgan fingerprint density at radius 1 is 1.11 bits per heavy atom. The number of aromatic nitrogens is 4. The summed E-state index contributed by atoms with van der Waals surface area (Å²) in [5, 5.41) is 5.34. The average molecular weight is 494 g/mol. The number of carbonyl (C=O) groups excluding carboxylic acids is 1. The number of esters is 1. The van der Waals surface area contributed by atoms with Crippen molar-refractivity contribution < 1.29 is 14.3 Å². The van der Waals surface area contributed by atoms with Gasteiger partial charge in [-0.25, -0.2) is 4.68 Å². The average Bonchev–Trinajstić information content (AvgIpc) is 3.22. The third kappa shape index (κ3) is 4.12. The quantitative estimate of drug-likeness (QED) is 0.301. The third-order valence-corrected chi connectivity index (χ3v) is 7.00. The minimum atomic E-state index is -0.340. The molecule has 0 amide bonds. The number of carbonyl (C=O) groups is 1. The fraction of sp³-hybridized carbons (Fsp3) is 0.360. The van der Waals surface area contributed by atoms with Gasteiger partial charge in [-0.15, -0.1) is 5.10 Å². The monoisotopic (exact) mass is 493 g/mol. The number of rotatable bonds is 6. The van der Waals surface area contributed by atoms with Gasteiger partial charge in [0, 0.05) is 12.1 Å². The van der Waals surface area contributed by atoms with Gasteiger partial charge >= 0.3 is 5.97 Å². The Kier molecular flexibility index (Phi) is 6.40. The molecule has 0 radical (unpaired) electrons. The Balaban J connectivity index is 1.67. The molecule has 0 saturated carbocycles. The predicted molar refractivity (Wildman–Crippen MR) is 134 cm³/mol. The second-order valence-corrected chi connectivity index (χ2v) is 8.99. The summed E-state index contributed by atoms with van der Waals surface area (Å²) in [4.78, 5) is 28.0. The van der Waals surface area contributed by atoms with Crippen LogP contribution in [-0.4, -0.2) is 56.4 Å². The van der Waals surface area contributed by atoms with E-state index in [0.717, 1.165) is 31.4 Å². The predicted octanol–water partition coefficient (Wildman–Crippen LogP) is 3.22. The van der Waals surface area contributed by atoms with Crippen molar-refractivity contribution in [1.29, 1.82) is 0 Å². The Labute approximate surface area is 207 Å². The number of likely N-dealkylation sites (tertiary alicyclic amines) is 1. The van der Waals surface area contributed by atoms with E-state index in [9.17, 15) is 9.59 Å². The van der Waals surface area contributed by atoms with Crippen molar-refractivity contribution in [3.8, 4) is 5.75 Å². The molecule has 0 spiro atoms. The highest BCUT2D eigenvalue weighted by atomic mass is 32.1. The molecule has 35 heavy (non-hydrogen) atoms. The second-order valence-electron chi connectivity index (χ2n) is 8.63. The Morgan fingerprint density at radius 2 is 1.89 bits per heavy atom. The van der Waals surface area contributed by atoms with Crippen LogP contribution in [0.3, 0.4) is 0 Å². The number of ether oxygens (including phenoxy) is 2. The van der Waals surface area contributed by atoms with Crippen LogP contribution in [0.15, 0.2) is 53.3 Å². The molecule has 1 fully saturated rings. The normalized spacial score (nSPS) is 16.6. The number of nitrogens with zero attached hydrogens (tertiary/aromatic N) is 5. The summed E-state index contributed by atoms with van der Waals surface area (Å²) in [6.07, 6.45) is 2.68. The number of fused-ring (bicyclic) bond motifs is 3. The van der Waals surface area contributed by atoms with Gasteiger partial charge in [0.05, 0.1) is 38.3 Å². The molecule has 1 saturated heterocycles. The van der Waals surface area contributed by atoms with Gasteiger partial charge < -0.3 is 9.47 Å². The van der Waals surface area contributed by atoms with E-state index in [-0.39, 0.29) is 24.1 Å². The second kappa shape index (κ2) is 9.63. The maximum absolute atomic E-state index is 13.6. The van der Waals surface area contributed by atoms with Crippen LogP contribution < -0.4 is 10.3 Å². The first kappa shape index (κ1) is 23.3. The molecule has 5 rings (SSSR count). The first-order valence-electron chi connectivity index (χ1n) is 11.6. The number of benzene rings is 2. The molecule has 1 atom stereocenters. The summed E-state index contributed by atoms with van der Waals surface area (Å²) in [6.45, 7) is 1.35. The number of methoxy groups -OCH3 is 2. The lowest BCUT2D eigenvalue weighted by Gasteiger charge is -2.33. The molecular formula is C25H27N5O4S. The van der Waals surface area contributed by atoms with Crippen molar-refractivity contribution in [2.75, 3.05) is 20.8 Å². The number of para-hydroxylation sites is 2. The molecule has 3 heterocycles. The summed E-state index contributed by atoms with van der Waals surface area (Å²) in [5.74, 6) is 0.882. The Hall–Kier alpha value is -3.50. The molecule has 2 aromatic carbocycles. The zero-order chi connectivity index (χ0) is 24.5. The van der Waals surface area contributed by atoms with E-state index in [1.54, 1.807) is 22.4 Å². The van der Waals surface area contributed by atoms with Crippen LogP contribution in [0.5, 0.6) is 5.75 Å². The molecule has 4 aromatic rings. The fourth-order valence-corrected chi connectivity index (χ4v) is 5.12. The van der Waals surface area contributed by atoms with E-state index in [0.29, 0.717) is 33.9 Å². The highest BCUT2D eigenvalue weighted by Crippen LogP contribution is 2.22. The van der Waals surface area contributed by atoms with E-state index in [1.165, 1.54) is 7.11 Å². The van der Waals surface area contributed by atoms with Crippen molar-refractivity contribution in [3.05, 3.63) is 69.2 Å². The van der Waals surface area contributed by atoms with Gasteiger partial charge in [0.15, 0.2) is 0 Å². The van der Waals surface area contributed by atoms with Crippen LogP contribution in [0.25, 0.3) is 16.7 Å². The highest BCUT2D eigenvalue weighted by molar-refractivity contribution is 7.71. The first-order chi connectivity index (χ1) is 17.0. The Bertz CT molecular complexity index is 1520. The molecule has 1 aliphatic heterocycles. The smallest absolute Gasteiger partial charge is 0.323 e. The molecule has 0 bridgehead atoms. The molecule has 0 N–H and O–H groups in total.